The van der Waals surface area contributed by atoms with E-state index in [1.54, 1.807) is 7.11 Å². The number of ether oxygens (including phenoxy) is 2. The number of benzene rings is 1. The number of morpholine rings is 1. The fourth-order valence-corrected chi connectivity index (χ4v) is 3.57. The number of hydrogen-bond acceptors (Lipinski definition) is 5. The molecule has 138 valence electrons. The highest BCUT2D eigenvalue weighted by atomic mass is 16.5. The zero-order chi connectivity index (χ0) is 17.5. The molecule has 0 bridgehead atoms. The third kappa shape index (κ3) is 4.93. The molecule has 6 nitrogen and oxygen atoms in total. The SMILES string of the molecule is COc1ccc(C(CNC(=O)C2CCCCN2)N2CCOCC2)cc1. The van der Waals surface area contributed by atoms with Gasteiger partial charge in [0.05, 0.1) is 32.4 Å². The maximum absolute atomic E-state index is 12.5. The Kier molecular flexibility index (Phi) is 6.67. The summed E-state index contributed by atoms with van der Waals surface area (Å²) in [7, 11) is 1.67. The highest BCUT2D eigenvalue weighted by Gasteiger charge is 2.25. The predicted molar refractivity (Wildman–Crippen MR) is 96.8 cm³/mol. The molecule has 2 saturated heterocycles. The summed E-state index contributed by atoms with van der Waals surface area (Å²) in [6.07, 6.45) is 3.21. The van der Waals surface area contributed by atoms with Gasteiger partial charge >= 0.3 is 0 Å². The van der Waals surface area contributed by atoms with E-state index in [0.29, 0.717) is 6.54 Å². The van der Waals surface area contributed by atoms with Gasteiger partial charge in [0.1, 0.15) is 5.75 Å². The van der Waals surface area contributed by atoms with E-state index in [1.165, 1.54) is 5.56 Å². The summed E-state index contributed by atoms with van der Waals surface area (Å²) < 4.78 is 10.7. The largest absolute Gasteiger partial charge is 0.497 e. The predicted octanol–water partition coefficient (Wildman–Crippen LogP) is 1.33. The van der Waals surface area contributed by atoms with Crippen LogP contribution in [0.15, 0.2) is 24.3 Å². The highest BCUT2D eigenvalue weighted by molar-refractivity contribution is 5.81. The molecule has 25 heavy (non-hydrogen) atoms. The number of carbonyl (C=O) groups is 1. The Bertz CT molecular complexity index is 537. The molecule has 0 aliphatic carbocycles. The maximum atomic E-state index is 12.5. The van der Waals surface area contributed by atoms with Crippen LogP contribution in [0.5, 0.6) is 5.75 Å². The standard InChI is InChI=1S/C19H29N3O3/c1-24-16-7-5-15(6-8-16)18(22-10-12-25-13-11-22)14-21-19(23)17-4-2-3-9-20-17/h5-8,17-18,20H,2-4,9-14H2,1H3,(H,21,23). The number of hydrogen-bond donors (Lipinski definition) is 2. The lowest BCUT2D eigenvalue weighted by Gasteiger charge is -2.35. The summed E-state index contributed by atoms with van der Waals surface area (Å²) in [4.78, 5) is 14.9. The summed E-state index contributed by atoms with van der Waals surface area (Å²) in [6.45, 7) is 4.80. The van der Waals surface area contributed by atoms with Crippen LogP contribution in [0, 0.1) is 0 Å². The molecule has 1 amide bonds. The molecule has 0 radical (unpaired) electrons. The van der Waals surface area contributed by atoms with Gasteiger partial charge in [0.15, 0.2) is 0 Å². The normalized spacial score (nSPS) is 23.0. The van der Waals surface area contributed by atoms with Crippen LogP contribution >= 0.6 is 0 Å². The van der Waals surface area contributed by atoms with Crippen molar-refractivity contribution in [2.75, 3.05) is 46.5 Å². The molecule has 0 spiro atoms. The molecule has 2 atom stereocenters. The number of carbonyl (C=O) groups excluding carboxylic acids is 1. The second-order valence-electron chi connectivity index (χ2n) is 6.68. The number of methoxy groups -OCH3 is 1. The van der Waals surface area contributed by atoms with Gasteiger partial charge in [0, 0.05) is 19.6 Å². The first kappa shape index (κ1) is 18.2. The minimum absolute atomic E-state index is 0.0463. The molecule has 2 fully saturated rings. The average molecular weight is 347 g/mol. The van der Waals surface area contributed by atoms with Crippen molar-refractivity contribution in [2.24, 2.45) is 0 Å². The van der Waals surface area contributed by atoms with E-state index in [1.807, 2.05) is 12.1 Å². The molecule has 2 aliphatic heterocycles. The van der Waals surface area contributed by atoms with Gasteiger partial charge < -0.3 is 20.1 Å². The smallest absolute Gasteiger partial charge is 0.237 e. The molecule has 2 aliphatic rings. The number of rotatable bonds is 6. The van der Waals surface area contributed by atoms with Crippen LogP contribution in [0.3, 0.4) is 0 Å². The molecule has 1 aromatic rings. The summed E-state index contributed by atoms with van der Waals surface area (Å²) in [5, 5.41) is 6.48. The van der Waals surface area contributed by atoms with Gasteiger partial charge in [0.2, 0.25) is 5.91 Å². The lowest BCUT2D eigenvalue weighted by atomic mass is 10.0. The van der Waals surface area contributed by atoms with Crippen molar-refractivity contribution in [2.45, 2.75) is 31.3 Å². The summed E-state index contributed by atoms with van der Waals surface area (Å²) >= 11 is 0. The second kappa shape index (κ2) is 9.17. The van der Waals surface area contributed by atoms with E-state index in [-0.39, 0.29) is 18.0 Å². The van der Waals surface area contributed by atoms with Gasteiger partial charge in [-0.2, -0.15) is 0 Å². The third-order valence-electron chi connectivity index (χ3n) is 5.08. The van der Waals surface area contributed by atoms with E-state index in [9.17, 15) is 4.79 Å². The molecule has 0 aromatic heterocycles. The second-order valence-corrected chi connectivity index (χ2v) is 6.68. The monoisotopic (exact) mass is 347 g/mol. The fraction of sp³-hybridized carbons (Fsp3) is 0.632. The van der Waals surface area contributed by atoms with Crippen molar-refractivity contribution < 1.29 is 14.3 Å². The van der Waals surface area contributed by atoms with E-state index in [0.717, 1.165) is 57.9 Å². The van der Waals surface area contributed by atoms with Crippen LogP contribution in [0.25, 0.3) is 0 Å². The van der Waals surface area contributed by atoms with Gasteiger partial charge in [-0.3, -0.25) is 9.69 Å². The van der Waals surface area contributed by atoms with Gasteiger partial charge in [-0.15, -0.1) is 0 Å². The topological polar surface area (TPSA) is 62.8 Å². The summed E-state index contributed by atoms with van der Waals surface area (Å²) in [5.41, 5.74) is 1.19. The molecule has 1 aromatic carbocycles. The van der Waals surface area contributed by atoms with Crippen LogP contribution in [0.1, 0.15) is 30.9 Å². The molecule has 6 heteroatoms. The van der Waals surface area contributed by atoms with Crippen molar-refractivity contribution in [3.05, 3.63) is 29.8 Å². The van der Waals surface area contributed by atoms with Crippen LogP contribution < -0.4 is 15.4 Å². The zero-order valence-corrected chi connectivity index (χ0v) is 15.0. The first-order valence-electron chi connectivity index (χ1n) is 9.25. The first-order chi connectivity index (χ1) is 12.3. The Labute approximate surface area is 149 Å². The quantitative estimate of drug-likeness (QED) is 0.813. The molecule has 2 unspecified atom stereocenters. The van der Waals surface area contributed by atoms with E-state index in [2.05, 4.69) is 27.7 Å². The molecular weight excluding hydrogens is 318 g/mol. The Morgan fingerprint density at radius 2 is 2.08 bits per heavy atom. The Hall–Kier alpha value is -1.63. The van der Waals surface area contributed by atoms with Crippen LogP contribution in [0.2, 0.25) is 0 Å². The number of nitrogens with zero attached hydrogens (tertiary/aromatic N) is 1. The maximum Gasteiger partial charge on any atom is 0.237 e. The molecule has 3 rings (SSSR count). The van der Waals surface area contributed by atoms with E-state index >= 15 is 0 Å². The third-order valence-corrected chi connectivity index (χ3v) is 5.08. The number of piperidine rings is 1. The average Bonchev–Trinajstić information content (AvgIpc) is 2.70. The molecule has 2 heterocycles. The van der Waals surface area contributed by atoms with Gasteiger partial charge in [0.25, 0.3) is 0 Å². The van der Waals surface area contributed by atoms with E-state index < -0.39 is 0 Å². The minimum atomic E-state index is -0.0463. The van der Waals surface area contributed by atoms with Crippen molar-refractivity contribution in [1.82, 2.24) is 15.5 Å². The van der Waals surface area contributed by atoms with Crippen molar-refractivity contribution in [1.29, 1.82) is 0 Å². The van der Waals surface area contributed by atoms with Gasteiger partial charge in [-0.05, 0) is 37.1 Å². The Morgan fingerprint density at radius 1 is 1.32 bits per heavy atom. The first-order valence-corrected chi connectivity index (χ1v) is 9.25. The molecular formula is C19H29N3O3. The van der Waals surface area contributed by atoms with Crippen molar-refractivity contribution in [3.63, 3.8) is 0 Å². The Balaban J connectivity index is 1.65. The number of nitrogens with one attached hydrogen (secondary N) is 2. The highest BCUT2D eigenvalue weighted by Crippen LogP contribution is 2.23. The minimum Gasteiger partial charge on any atom is -0.497 e. The lowest BCUT2D eigenvalue weighted by Crippen LogP contribution is -2.49. The van der Waals surface area contributed by atoms with Gasteiger partial charge in [-0.1, -0.05) is 18.6 Å². The molecule has 0 saturated carbocycles. The van der Waals surface area contributed by atoms with Crippen LogP contribution in [-0.4, -0.2) is 63.4 Å². The fourth-order valence-electron chi connectivity index (χ4n) is 3.57. The van der Waals surface area contributed by atoms with Crippen LogP contribution in [-0.2, 0) is 9.53 Å². The molecule has 2 N–H and O–H groups in total. The van der Waals surface area contributed by atoms with E-state index in [4.69, 9.17) is 9.47 Å². The van der Waals surface area contributed by atoms with Crippen molar-refractivity contribution in [3.8, 4) is 5.75 Å². The Morgan fingerprint density at radius 3 is 2.72 bits per heavy atom. The number of amides is 1. The van der Waals surface area contributed by atoms with Crippen LogP contribution in [0.4, 0.5) is 0 Å². The zero-order valence-electron chi connectivity index (χ0n) is 15.0. The summed E-state index contributed by atoms with van der Waals surface area (Å²) in [5.74, 6) is 0.964. The van der Waals surface area contributed by atoms with Crippen molar-refractivity contribution >= 4 is 5.91 Å². The lowest BCUT2D eigenvalue weighted by molar-refractivity contribution is -0.124. The van der Waals surface area contributed by atoms with Gasteiger partial charge in [-0.25, -0.2) is 0 Å². The summed E-state index contributed by atoms with van der Waals surface area (Å²) in [6, 6.07) is 8.24.